The number of nitrogens with zero attached hydrogens (tertiary/aromatic N) is 5. The Kier molecular flexibility index (Phi) is 5.03. The molecule has 4 rings (SSSR count). The topological polar surface area (TPSA) is 67.8 Å². The van der Waals surface area contributed by atoms with E-state index in [-0.39, 0.29) is 6.61 Å². The average molecular weight is 375 g/mol. The molecule has 0 bridgehead atoms. The second kappa shape index (κ2) is 7.63. The molecule has 1 aromatic carbocycles. The minimum Gasteiger partial charge on any atom is -0.395 e. The van der Waals surface area contributed by atoms with Crippen molar-refractivity contribution in [2.24, 2.45) is 0 Å². The van der Waals surface area contributed by atoms with Crippen molar-refractivity contribution < 1.29 is 5.11 Å². The van der Waals surface area contributed by atoms with Crippen molar-refractivity contribution in [2.75, 3.05) is 44.2 Å². The zero-order chi connectivity index (χ0) is 19.7. The van der Waals surface area contributed by atoms with Crippen molar-refractivity contribution in [1.29, 1.82) is 5.26 Å². The Bertz CT molecular complexity index is 1070. The second-order valence-electron chi connectivity index (χ2n) is 7.22. The van der Waals surface area contributed by atoms with Crippen LogP contribution in [0.1, 0.15) is 16.7 Å². The molecule has 1 aliphatic rings. The van der Waals surface area contributed by atoms with Crippen LogP contribution in [0.15, 0.2) is 36.9 Å². The van der Waals surface area contributed by atoms with E-state index in [9.17, 15) is 10.4 Å². The van der Waals surface area contributed by atoms with Crippen molar-refractivity contribution >= 4 is 22.5 Å². The molecule has 0 spiro atoms. The number of hydrogen-bond donors (Lipinski definition) is 1. The minimum absolute atomic E-state index is 0.189. The first-order valence-electron chi connectivity index (χ1n) is 9.71. The fraction of sp³-hybridized carbons (Fsp3) is 0.364. The molecular weight excluding hydrogens is 350 g/mol. The number of piperazine rings is 1. The van der Waals surface area contributed by atoms with E-state index in [0.717, 1.165) is 59.8 Å². The number of anilines is 1. The second-order valence-corrected chi connectivity index (χ2v) is 7.22. The molecule has 1 saturated heterocycles. The van der Waals surface area contributed by atoms with Crippen LogP contribution in [0.3, 0.4) is 0 Å². The summed E-state index contributed by atoms with van der Waals surface area (Å²) in [7, 11) is 0. The summed E-state index contributed by atoms with van der Waals surface area (Å²) in [5.41, 5.74) is 5.40. The quantitative estimate of drug-likeness (QED) is 0.694. The number of rotatable bonds is 5. The van der Waals surface area contributed by atoms with Gasteiger partial charge in [-0.3, -0.25) is 9.30 Å². The molecule has 6 nitrogen and oxygen atoms in total. The first-order valence-corrected chi connectivity index (χ1v) is 9.71. The minimum atomic E-state index is 0.189. The summed E-state index contributed by atoms with van der Waals surface area (Å²) in [5.74, 6) is 1.11. The number of allylic oxidation sites excluding steroid dienone is 1. The zero-order valence-electron chi connectivity index (χ0n) is 16.2. The van der Waals surface area contributed by atoms with E-state index in [0.29, 0.717) is 18.5 Å². The predicted octanol–water partition coefficient (Wildman–Crippen LogP) is 2.51. The summed E-state index contributed by atoms with van der Waals surface area (Å²) in [6.45, 7) is 10.4. The molecule has 0 radical (unpaired) electrons. The lowest BCUT2D eigenvalue weighted by molar-refractivity contribution is 0.188. The Morgan fingerprint density at radius 1 is 1.25 bits per heavy atom. The van der Waals surface area contributed by atoms with Crippen LogP contribution in [0.5, 0.6) is 0 Å². The number of aliphatic hydroxyl groups excluding tert-OH is 1. The molecule has 1 aliphatic heterocycles. The van der Waals surface area contributed by atoms with Gasteiger partial charge in [-0.25, -0.2) is 4.98 Å². The van der Waals surface area contributed by atoms with Crippen LogP contribution >= 0.6 is 0 Å². The van der Waals surface area contributed by atoms with E-state index in [4.69, 9.17) is 4.98 Å². The summed E-state index contributed by atoms with van der Waals surface area (Å²) in [5, 5.41) is 19.1. The van der Waals surface area contributed by atoms with Crippen LogP contribution in [0.4, 0.5) is 5.82 Å². The highest BCUT2D eigenvalue weighted by molar-refractivity contribution is 5.86. The first-order chi connectivity index (χ1) is 13.7. The molecule has 1 fully saturated rings. The molecule has 0 atom stereocenters. The zero-order valence-corrected chi connectivity index (χ0v) is 16.2. The third-order valence-electron chi connectivity index (χ3n) is 5.64. The van der Waals surface area contributed by atoms with E-state index in [1.807, 2.05) is 31.2 Å². The highest BCUT2D eigenvalue weighted by atomic mass is 16.3. The van der Waals surface area contributed by atoms with Crippen molar-refractivity contribution in [3.8, 4) is 6.07 Å². The molecule has 3 heterocycles. The van der Waals surface area contributed by atoms with Crippen molar-refractivity contribution in [2.45, 2.75) is 13.3 Å². The molecule has 0 amide bonds. The lowest BCUT2D eigenvalue weighted by Crippen LogP contribution is -2.48. The Morgan fingerprint density at radius 3 is 2.68 bits per heavy atom. The Balaban J connectivity index is 1.96. The summed E-state index contributed by atoms with van der Waals surface area (Å²) >= 11 is 0. The number of benzene rings is 1. The van der Waals surface area contributed by atoms with Crippen molar-refractivity contribution in [3.63, 3.8) is 0 Å². The van der Waals surface area contributed by atoms with Gasteiger partial charge in [-0.2, -0.15) is 5.26 Å². The van der Waals surface area contributed by atoms with Gasteiger partial charge in [0.25, 0.3) is 0 Å². The van der Waals surface area contributed by atoms with Crippen molar-refractivity contribution in [3.05, 3.63) is 53.6 Å². The van der Waals surface area contributed by atoms with Gasteiger partial charge < -0.3 is 10.0 Å². The summed E-state index contributed by atoms with van der Waals surface area (Å²) < 4.78 is 2.15. The van der Waals surface area contributed by atoms with Crippen molar-refractivity contribution in [1.82, 2.24) is 14.3 Å². The standard InChI is InChI=1S/C22H25N5O/c1-3-6-17-16(2)18(15-23)21-24-19-7-4-5-8-20(19)27(21)22(17)26-11-9-25(10-12-26)13-14-28/h3-5,7-8,28H,1,6,9-14H2,2H3. The van der Waals surface area contributed by atoms with Gasteiger partial charge in [0.1, 0.15) is 11.9 Å². The molecule has 1 N–H and O–H groups in total. The van der Waals surface area contributed by atoms with Gasteiger partial charge in [-0.1, -0.05) is 18.2 Å². The number of nitriles is 1. The molecule has 0 saturated carbocycles. The lowest BCUT2D eigenvalue weighted by atomic mass is 10.0. The lowest BCUT2D eigenvalue weighted by Gasteiger charge is -2.37. The van der Waals surface area contributed by atoms with E-state index >= 15 is 0 Å². The predicted molar refractivity (Wildman–Crippen MR) is 112 cm³/mol. The Hall–Kier alpha value is -2.88. The highest BCUT2D eigenvalue weighted by Crippen LogP contribution is 2.34. The van der Waals surface area contributed by atoms with Gasteiger partial charge in [0, 0.05) is 38.3 Å². The van der Waals surface area contributed by atoms with Crippen LogP contribution in [0, 0.1) is 18.3 Å². The number of pyridine rings is 1. The molecule has 28 heavy (non-hydrogen) atoms. The molecular formula is C22H25N5O. The van der Waals surface area contributed by atoms with Gasteiger partial charge in [0.15, 0.2) is 5.65 Å². The maximum absolute atomic E-state index is 9.86. The number of β-amino-alcohol motifs (C(OH)–C–C–N with tert-alkyl or cyclic N) is 1. The number of fused-ring (bicyclic) bond motifs is 3. The third-order valence-corrected chi connectivity index (χ3v) is 5.64. The van der Waals surface area contributed by atoms with E-state index in [1.165, 1.54) is 0 Å². The van der Waals surface area contributed by atoms with Gasteiger partial charge in [0.2, 0.25) is 0 Å². The van der Waals surface area contributed by atoms with Gasteiger partial charge in [0.05, 0.1) is 23.2 Å². The highest BCUT2D eigenvalue weighted by Gasteiger charge is 2.26. The SMILES string of the molecule is C=CCc1c(C)c(C#N)c2nc3ccccc3n2c1N1CCN(CCO)CC1. The van der Waals surface area contributed by atoms with Gasteiger partial charge in [-0.15, -0.1) is 6.58 Å². The van der Waals surface area contributed by atoms with Crippen LogP contribution in [0.2, 0.25) is 0 Å². The van der Waals surface area contributed by atoms with Crippen LogP contribution in [-0.4, -0.2) is 58.7 Å². The largest absolute Gasteiger partial charge is 0.395 e. The van der Waals surface area contributed by atoms with Gasteiger partial charge >= 0.3 is 0 Å². The van der Waals surface area contributed by atoms with E-state index in [1.54, 1.807) is 0 Å². The first kappa shape index (κ1) is 18.5. The monoisotopic (exact) mass is 375 g/mol. The van der Waals surface area contributed by atoms with Crippen LogP contribution in [0.25, 0.3) is 16.7 Å². The number of hydrogen-bond acceptors (Lipinski definition) is 5. The van der Waals surface area contributed by atoms with Gasteiger partial charge in [-0.05, 0) is 31.0 Å². The number of aliphatic hydroxyl groups is 1. The normalized spacial score (nSPS) is 15.2. The summed E-state index contributed by atoms with van der Waals surface area (Å²) in [4.78, 5) is 9.46. The Morgan fingerprint density at radius 2 is 2.00 bits per heavy atom. The van der Waals surface area contributed by atoms with Crippen LogP contribution in [-0.2, 0) is 6.42 Å². The molecule has 2 aromatic heterocycles. The molecule has 0 aliphatic carbocycles. The number of imidazole rings is 1. The third kappa shape index (κ3) is 2.93. The molecule has 6 heteroatoms. The maximum Gasteiger partial charge on any atom is 0.157 e. The summed E-state index contributed by atoms with van der Waals surface area (Å²) in [6, 6.07) is 10.4. The summed E-state index contributed by atoms with van der Waals surface area (Å²) in [6.07, 6.45) is 2.61. The smallest absolute Gasteiger partial charge is 0.157 e. The molecule has 144 valence electrons. The fourth-order valence-electron chi connectivity index (χ4n) is 4.21. The van der Waals surface area contributed by atoms with E-state index < -0.39 is 0 Å². The average Bonchev–Trinajstić information content (AvgIpc) is 3.09. The maximum atomic E-state index is 9.86. The number of aromatic nitrogens is 2. The fourth-order valence-corrected chi connectivity index (χ4v) is 4.21. The number of para-hydroxylation sites is 2. The van der Waals surface area contributed by atoms with Crippen LogP contribution < -0.4 is 4.90 Å². The Labute approximate surface area is 164 Å². The molecule has 0 unspecified atom stereocenters. The van der Waals surface area contributed by atoms with E-state index in [2.05, 4.69) is 32.9 Å². The molecule has 3 aromatic rings.